The van der Waals surface area contributed by atoms with E-state index in [9.17, 15) is 17.6 Å². The van der Waals surface area contributed by atoms with Crippen LogP contribution in [0, 0.1) is 5.82 Å². The first kappa shape index (κ1) is 15.0. The third-order valence-electron chi connectivity index (χ3n) is 2.68. The van der Waals surface area contributed by atoms with Gasteiger partial charge in [-0.25, -0.2) is 9.82 Å². The Bertz CT molecular complexity index is 612. The second kappa shape index (κ2) is 5.55. The molecule has 2 aromatic rings. The molecule has 0 bridgehead atoms. The van der Waals surface area contributed by atoms with E-state index in [1.165, 1.54) is 0 Å². The van der Waals surface area contributed by atoms with Gasteiger partial charge in [0.15, 0.2) is 4.67 Å². The van der Waals surface area contributed by atoms with Crippen molar-refractivity contribution in [3.63, 3.8) is 0 Å². The third kappa shape index (κ3) is 3.02. The van der Waals surface area contributed by atoms with Gasteiger partial charge in [-0.15, -0.1) is 0 Å². The Labute approximate surface area is 119 Å². The highest BCUT2D eigenvalue weighted by molar-refractivity contribution is 9.10. The summed E-state index contributed by atoms with van der Waals surface area (Å²) >= 11 is 3.10. The lowest BCUT2D eigenvalue weighted by molar-refractivity contribution is -0.140. The molecule has 108 valence electrons. The quantitative estimate of drug-likeness (QED) is 0.502. The van der Waals surface area contributed by atoms with Gasteiger partial charge in [-0.3, -0.25) is 5.84 Å². The molecule has 0 saturated heterocycles. The Balaban J connectivity index is 2.39. The molecule has 1 aromatic heterocycles. The van der Waals surface area contributed by atoms with Gasteiger partial charge in [0.1, 0.15) is 17.6 Å². The molecule has 1 unspecified atom stereocenters. The number of hydrogen-bond donors (Lipinski definition) is 2. The fraction of sp³-hybridized carbons (Fsp3) is 0.167. The third-order valence-corrected chi connectivity index (χ3v) is 3.10. The normalized spacial score (nSPS) is 13.5. The van der Waals surface area contributed by atoms with Gasteiger partial charge in [0, 0.05) is 0 Å². The molecule has 1 aromatic carbocycles. The van der Waals surface area contributed by atoms with Gasteiger partial charge in [-0.1, -0.05) is 6.07 Å². The van der Waals surface area contributed by atoms with Crippen LogP contribution in [0.5, 0.6) is 0 Å². The van der Waals surface area contributed by atoms with Crippen LogP contribution in [0.25, 0.3) is 0 Å². The Morgan fingerprint density at radius 3 is 2.35 bits per heavy atom. The maximum absolute atomic E-state index is 13.5. The maximum atomic E-state index is 13.5. The van der Waals surface area contributed by atoms with Gasteiger partial charge in [0.25, 0.3) is 0 Å². The predicted molar refractivity (Wildman–Crippen MR) is 67.0 cm³/mol. The highest BCUT2D eigenvalue weighted by atomic mass is 79.9. The van der Waals surface area contributed by atoms with E-state index < -0.39 is 23.6 Å². The summed E-state index contributed by atoms with van der Waals surface area (Å²) in [5.74, 6) is 4.34. The zero-order valence-corrected chi connectivity index (χ0v) is 11.4. The number of nitrogens with two attached hydrogens (primary N) is 1. The molecule has 0 aliphatic heterocycles. The van der Waals surface area contributed by atoms with Crippen LogP contribution in [0.15, 0.2) is 39.4 Å². The summed E-state index contributed by atoms with van der Waals surface area (Å²) in [7, 11) is 0. The number of furan rings is 1. The highest BCUT2D eigenvalue weighted by Crippen LogP contribution is 2.33. The van der Waals surface area contributed by atoms with Gasteiger partial charge in [0.05, 0.1) is 5.56 Å². The zero-order chi connectivity index (χ0) is 14.9. The lowest BCUT2D eigenvalue weighted by Gasteiger charge is -2.15. The van der Waals surface area contributed by atoms with Crippen LogP contribution in [-0.4, -0.2) is 0 Å². The molecule has 20 heavy (non-hydrogen) atoms. The fourth-order valence-corrected chi connectivity index (χ4v) is 2.09. The van der Waals surface area contributed by atoms with Crippen molar-refractivity contribution in [2.24, 2.45) is 5.84 Å². The van der Waals surface area contributed by atoms with Crippen molar-refractivity contribution >= 4 is 15.9 Å². The molecule has 0 spiro atoms. The molecule has 0 amide bonds. The monoisotopic (exact) mass is 352 g/mol. The number of benzene rings is 1. The number of rotatable bonds is 3. The molecule has 0 saturated carbocycles. The van der Waals surface area contributed by atoms with Crippen LogP contribution in [0.2, 0.25) is 0 Å². The highest BCUT2D eigenvalue weighted by Gasteiger charge is 2.34. The minimum Gasteiger partial charge on any atom is -0.452 e. The number of hydrazine groups is 1. The van der Waals surface area contributed by atoms with Crippen LogP contribution in [0.1, 0.15) is 22.9 Å². The van der Waals surface area contributed by atoms with Gasteiger partial charge in [0.2, 0.25) is 0 Å². The van der Waals surface area contributed by atoms with E-state index in [2.05, 4.69) is 21.4 Å². The second-order valence-electron chi connectivity index (χ2n) is 3.98. The van der Waals surface area contributed by atoms with E-state index in [0.29, 0.717) is 16.5 Å². The van der Waals surface area contributed by atoms with Crippen LogP contribution in [0.3, 0.4) is 0 Å². The molecule has 0 aliphatic rings. The predicted octanol–water partition coefficient (Wildman–Crippen LogP) is 3.75. The SMILES string of the molecule is NNC(c1ccc(C(F)(F)F)c(F)c1)c1ccc(Br)o1. The van der Waals surface area contributed by atoms with E-state index in [1.807, 2.05) is 0 Å². The summed E-state index contributed by atoms with van der Waals surface area (Å²) in [4.78, 5) is 0. The van der Waals surface area contributed by atoms with E-state index in [4.69, 9.17) is 10.3 Å². The molecular formula is C12H9BrF4N2O. The first-order valence-corrected chi connectivity index (χ1v) is 6.20. The lowest BCUT2D eigenvalue weighted by Crippen LogP contribution is -2.28. The van der Waals surface area contributed by atoms with Gasteiger partial charge >= 0.3 is 6.18 Å². The molecule has 0 aliphatic carbocycles. The number of alkyl halides is 3. The lowest BCUT2D eigenvalue weighted by atomic mass is 10.0. The summed E-state index contributed by atoms with van der Waals surface area (Å²) in [5.41, 5.74) is 1.27. The minimum atomic E-state index is -4.73. The Morgan fingerprint density at radius 2 is 1.90 bits per heavy atom. The molecule has 0 fully saturated rings. The van der Waals surface area contributed by atoms with E-state index >= 15 is 0 Å². The largest absolute Gasteiger partial charge is 0.452 e. The number of nitrogens with one attached hydrogen (secondary N) is 1. The Morgan fingerprint density at radius 1 is 1.20 bits per heavy atom. The number of halogens is 5. The first-order chi connectivity index (χ1) is 9.32. The van der Waals surface area contributed by atoms with Crippen molar-refractivity contribution in [1.82, 2.24) is 5.43 Å². The summed E-state index contributed by atoms with van der Waals surface area (Å²) in [6, 6.07) is 5.02. The van der Waals surface area contributed by atoms with Crippen molar-refractivity contribution in [2.75, 3.05) is 0 Å². The second-order valence-corrected chi connectivity index (χ2v) is 4.76. The van der Waals surface area contributed by atoms with E-state index in [0.717, 1.165) is 12.1 Å². The molecule has 3 N–H and O–H groups in total. The average Bonchev–Trinajstić information content (AvgIpc) is 2.75. The minimum absolute atomic E-state index is 0.222. The first-order valence-electron chi connectivity index (χ1n) is 5.41. The van der Waals surface area contributed by atoms with Crippen LogP contribution < -0.4 is 11.3 Å². The summed E-state index contributed by atoms with van der Waals surface area (Å²) < 4.78 is 56.7. The zero-order valence-electron chi connectivity index (χ0n) is 9.84. The molecule has 2 rings (SSSR count). The Kier molecular flexibility index (Phi) is 4.17. The van der Waals surface area contributed by atoms with Crippen LogP contribution in [-0.2, 0) is 6.18 Å². The summed E-state index contributed by atoms with van der Waals surface area (Å²) in [5, 5.41) is 0. The van der Waals surface area contributed by atoms with Crippen molar-refractivity contribution < 1.29 is 22.0 Å². The average molecular weight is 353 g/mol. The fourth-order valence-electron chi connectivity index (χ4n) is 1.77. The van der Waals surface area contributed by atoms with Gasteiger partial charge < -0.3 is 4.42 Å². The van der Waals surface area contributed by atoms with Crippen LogP contribution in [0.4, 0.5) is 17.6 Å². The van der Waals surface area contributed by atoms with Crippen molar-refractivity contribution in [1.29, 1.82) is 0 Å². The van der Waals surface area contributed by atoms with Crippen molar-refractivity contribution in [2.45, 2.75) is 12.2 Å². The summed E-state index contributed by atoms with van der Waals surface area (Å²) in [6.45, 7) is 0. The van der Waals surface area contributed by atoms with Crippen molar-refractivity contribution in [3.8, 4) is 0 Å². The van der Waals surface area contributed by atoms with Gasteiger partial charge in [-0.05, 0) is 45.8 Å². The Hall–Kier alpha value is -1.38. The van der Waals surface area contributed by atoms with Crippen molar-refractivity contribution in [3.05, 3.63) is 57.7 Å². The van der Waals surface area contributed by atoms with E-state index in [1.54, 1.807) is 12.1 Å². The summed E-state index contributed by atoms with van der Waals surface area (Å²) in [6.07, 6.45) is -4.73. The number of hydrogen-bond acceptors (Lipinski definition) is 3. The van der Waals surface area contributed by atoms with E-state index in [-0.39, 0.29) is 5.56 Å². The van der Waals surface area contributed by atoms with Gasteiger partial charge in [-0.2, -0.15) is 13.2 Å². The molecule has 8 heteroatoms. The topological polar surface area (TPSA) is 51.2 Å². The maximum Gasteiger partial charge on any atom is 0.419 e. The molecule has 0 radical (unpaired) electrons. The smallest absolute Gasteiger partial charge is 0.419 e. The standard InChI is InChI=1S/C12H9BrF4N2O/c13-10-4-3-9(20-10)11(19-18)6-1-2-7(8(14)5-6)12(15,16)17/h1-5,11,19H,18H2. The molecule has 1 heterocycles. The molecule has 3 nitrogen and oxygen atoms in total. The molecule has 1 atom stereocenters. The molecular weight excluding hydrogens is 344 g/mol. The van der Waals surface area contributed by atoms with Crippen LogP contribution >= 0.6 is 15.9 Å².